The zero-order valence-corrected chi connectivity index (χ0v) is 20.6. The van der Waals surface area contributed by atoms with E-state index in [9.17, 15) is 24.3 Å². The second kappa shape index (κ2) is 11.8. The van der Waals surface area contributed by atoms with Crippen molar-refractivity contribution in [2.75, 3.05) is 14.2 Å². The van der Waals surface area contributed by atoms with Crippen molar-refractivity contribution < 1.29 is 29.0 Å². The second-order valence-corrected chi connectivity index (χ2v) is 8.84. The van der Waals surface area contributed by atoms with Gasteiger partial charge in [0.15, 0.2) is 0 Å². The number of hydrogen-bond acceptors (Lipinski definition) is 6. The van der Waals surface area contributed by atoms with Crippen molar-refractivity contribution in [3.8, 4) is 5.75 Å². The first-order chi connectivity index (χ1) is 16.0. The molecule has 188 valence electrons. The molecule has 34 heavy (non-hydrogen) atoms. The molecule has 0 spiro atoms. The summed E-state index contributed by atoms with van der Waals surface area (Å²) in [7, 11) is 3.02. The normalized spacial score (nSPS) is 26.4. The van der Waals surface area contributed by atoms with Crippen molar-refractivity contribution in [1.29, 1.82) is 0 Å². The Hall–Kier alpha value is -3.14. The van der Waals surface area contributed by atoms with Crippen LogP contribution in [0.15, 0.2) is 24.3 Å². The van der Waals surface area contributed by atoms with Gasteiger partial charge in [0.05, 0.1) is 13.2 Å². The molecule has 1 aliphatic rings. The molecular formula is C24H36N4O6. The quantitative estimate of drug-likeness (QED) is 0.455. The molecule has 2 rings (SSSR count). The SMILES string of the molecule is CC[C@H](C)[C@@H]1NC(=O)[C@H](C(C)O)NC(=O)[C@H](C)N(C)C(=O)[C@H](Cc2ccc(OC)cc2)NC1=O. The third kappa shape index (κ3) is 6.47. The van der Waals surface area contributed by atoms with Gasteiger partial charge in [-0.25, -0.2) is 0 Å². The van der Waals surface area contributed by atoms with Crippen LogP contribution in [0.4, 0.5) is 0 Å². The Labute approximate surface area is 200 Å². The first-order valence-corrected chi connectivity index (χ1v) is 11.5. The van der Waals surface area contributed by atoms with Crippen LogP contribution in [-0.2, 0) is 25.6 Å². The summed E-state index contributed by atoms with van der Waals surface area (Å²) in [4.78, 5) is 53.6. The molecule has 0 aromatic heterocycles. The number of amides is 4. The fourth-order valence-electron chi connectivity index (χ4n) is 3.70. The molecule has 10 heteroatoms. The second-order valence-electron chi connectivity index (χ2n) is 8.84. The van der Waals surface area contributed by atoms with Gasteiger partial charge < -0.3 is 30.7 Å². The Bertz CT molecular complexity index is 888. The maximum Gasteiger partial charge on any atom is 0.245 e. The van der Waals surface area contributed by atoms with E-state index in [2.05, 4.69) is 16.0 Å². The molecule has 4 amide bonds. The van der Waals surface area contributed by atoms with E-state index >= 15 is 0 Å². The topological polar surface area (TPSA) is 137 Å². The summed E-state index contributed by atoms with van der Waals surface area (Å²) < 4.78 is 5.17. The number of carbonyl (C=O) groups is 4. The minimum Gasteiger partial charge on any atom is -0.497 e. The van der Waals surface area contributed by atoms with Crippen molar-refractivity contribution in [2.24, 2.45) is 5.92 Å². The summed E-state index contributed by atoms with van der Waals surface area (Å²) in [6, 6.07) is 2.98. The number of carbonyl (C=O) groups excluding carboxylic acids is 4. The molecule has 1 aromatic carbocycles. The maximum atomic E-state index is 13.4. The van der Waals surface area contributed by atoms with Crippen molar-refractivity contribution in [1.82, 2.24) is 20.9 Å². The molecular weight excluding hydrogens is 440 g/mol. The molecule has 1 aromatic rings. The van der Waals surface area contributed by atoms with Crippen LogP contribution in [0.25, 0.3) is 0 Å². The van der Waals surface area contributed by atoms with Crippen LogP contribution in [-0.4, -0.2) is 78.1 Å². The summed E-state index contributed by atoms with van der Waals surface area (Å²) >= 11 is 0. The van der Waals surface area contributed by atoms with Crippen molar-refractivity contribution in [2.45, 2.75) is 70.8 Å². The van der Waals surface area contributed by atoms with Gasteiger partial charge in [-0.05, 0) is 37.5 Å². The molecule has 1 fully saturated rings. The highest BCUT2D eigenvalue weighted by atomic mass is 16.5. The van der Waals surface area contributed by atoms with Crippen LogP contribution in [0.5, 0.6) is 5.75 Å². The highest BCUT2D eigenvalue weighted by molar-refractivity contribution is 5.97. The smallest absolute Gasteiger partial charge is 0.245 e. The standard InChI is InChI=1S/C24H36N4O6/c1-7-13(2)19-22(31)25-18(12-16-8-10-17(34-6)11-9-16)24(33)28(5)14(3)21(30)27-20(15(4)29)23(32)26-19/h8-11,13-15,18-20,29H,7,12H2,1-6H3,(H,25,31)(H,26,32)(H,27,30)/t13-,14-,15?,18-,19-,20-/m0/s1. The third-order valence-corrected chi connectivity index (χ3v) is 6.38. The fourth-order valence-corrected chi connectivity index (χ4v) is 3.70. The van der Waals surface area contributed by atoms with Gasteiger partial charge in [-0.15, -0.1) is 0 Å². The largest absolute Gasteiger partial charge is 0.497 e. The first kappa shape index (κ1) is 27.1. The maximum absolute atomic E-state index is 13.4. The Morgan fingerprint density at radius 2 is 1.53 bits per heavy atom. The highest BCUT2D eigenvalue weighted by Gasteiger charge is 2.37. The van der Waals surface area contributed by atoms with Crippen molar-refractivity contribution >= 4 is 23.6 Å². The van der Waals surface area contributed by atoms with Crippen LogP contribution in [0, 0.1) is 5.92 Å². The molecule has 0 aliphatic carbocycles. The highest BCUT2D eigenvalue weighted by Crippen LogP contribution is 2.16. The average Bonchev–Trinajstić information content (AvgIpc) is 2.82. The number of aliphatic hydroxyl groups is 1. The molecule has 0 bridgehead atoms. The lowest BCUT2D eigenvalue weighted by Crippen LogP contribution is -2.64. The summed E-state index contributed by atoms with van der Waals surface area (Å²) in [5, 5.41) is 18.1. The van der Waals surface area contributed by atoms with Gasteiger partial charge in [0.1, 0.15) is 29.9 Å². The van der Waals surface area contributed by atoms with Gasteiger partial charge in [-0.2, -0.15) is 0 Å². The number of likely N-dealkylation sites (N-methyl/N-ethyl adjacent to an activating group) is 1. The molecule has 1 unspecified atom stereocenters. The third-order valence-electron chi connectivity index (χ3n) is 6.38. The number of benzene rings is 1. The molecule has 1 aliphatic heterocycles. The Morgan fingerprint density at radius 1 is 0.971 bits per heavy atom. The van der Waals surface area contributed by atoms with Gasteiger partial charge in [-0.1, -0.05) is 32.4 Å². The fraction of sp³-hybridized carbons (Fsp3) is 0.583. The number of hydrogen-bond donors (Lipinski definition) is 4. The molecule has 0 radical (unpaired) electrons. The lowest BCUT2D eigenvalue weighted by atomic mass is 9.96. The van der Waals surface area contributed by atoms with Gasteiger partial charge in [-0.3, -0.25) is 19.2 Å². The molecule has 1 heterocycles. The van der Waals surface area contributed by atoms with E-state index in [0.29, 0.717) is 12.2 Å². The van der Waals surface area contributed by atoms with E-state index in [1.807, 2.05) is 6.92 Å². The van der Waals surface area contributed by atoms with Crippen LogP contribution < -0.4 is 20.7 Å². The number of methoxy groups -OCH3 is 1. The predicted octanol–water partition coefficient (Wildman–Crippen LogP) is -0.0205. The van der Waals surface area contributed by atoms with E-state index in [1.165, 1.54) is 25.8 Å². The van der Waals surface area contributed by atoms with E-state index in [1.54, 1.807) is 38.3 Å². The molecule has 4 N–H and O–H groups in total. The molecule has 10 nitrogen and oxygen atoms in total. The number of nitrogens with zero attached hydrogens (tertiary/aromatic N) is 1. The van der Waals surface area contributed by atoms with Gasteiger partial charge in [0.2, 0.25) is 23.6 Å². The van der Waals surface area contributed by atoms with Gasteiger partial charge >= 0.3 is 0 Å². The van der Waals surface area contributed by atoms with Crippen LogP contribution in [0.2, 0.25) is 0 Å². The lowest BCUT2D eigenvalue weighted by molar-refractivity contribution is -0.144. The average molecular weight is 477 g/mol. The monoisotopic (exact) mass is 476 g/mol. The molecule has 6 atom stereocenters. The lowest BCUT2D eigenvalue weighted by Gasteiger charge is -2.34. The summed E-state index contributed by atoms with van der Waals surface area (Å²) in [5.41, 5.74) is 0.787. The molecule has 0 saturated carbocycles. The van der Waals surface area contributed by atoms with Crippen molar-refractivity contribution in [3.05, 3.63) is 29.8 Å². The van der Waals surface area contributed by atoms with E-state index < -0.39 is 53.9 Å². The summed E-state index contributed by atoms with van der Waals surface area (Å²) in [6.07, 6.45) is -0.438. The summed E-state index contributed by atoms with van der Waals surface area (Å²) in [5.74, 6) is -1.82. The van der Waals surface area contributed by atoms with E-state index in [4.69, 9.17) is 4.74 Å². The van der Waals surface area contributed by atoms with Crippen LogP contribution in [0.3, 0.4) is 0 Å². The zero-order valence-electron chi connectivity index (χ0n) is 20.6. The number of ether oxygens (including phenoxy) is 1. The first-order valence-electron chi connectivity index (χ1n) is 11.5. The minimum atomic E-state index is -1.27. The van der Waals surface area contributed by atoms with Gasteiger partial charge in [0, 0.05) is 13.5 Å². The molecule has 1 saturated heterocycles. The minimum absolute atomic E-state index is 0.185. The number of rotatable bonds is 6. The van der Waals surface area contributed by atoms with Crippen LogP contribution >= 0.6 is 0 Å². The van der Waals surface area contributed by atoms with E-state index in [0.717, 1.165) is 5.56 Å². The number of nitrogens with one attached hydrogen (secondary N) is 3. The Balaban J connectivity index is 2.45. The van der Waals surface area contributed by atoms with Crippen molar-refractivity contribution in [3.63, 3.8) is 0 Å². The zero-order chi connectivity index (χ0) is 25.6. The predicted molar refractivity (Wildman–Crippen MR) is 126 cm³/mol. The Kier molecular flexibility index (Phi) is 9.43. The van der Waals surface area contributed by atoms with Crippen LogP contribution in [0.1, 0.15) is 39.7 Å². The number of aliphatic hydroxyl groups excluding tert-OH is 1. The van der Waals surface area contributed by atoms with E-state index in [-0.39, 0.29) is 12.3 Å². The van der Waals surface area contributed by atoms with Gasteiger partial charge in [0.25, 0.3) is 0 Å². The Morgan fingerprint density at radius 3 is 2.06 bits per heavy atom. The summed E-state index contributed by atoms with van der Waals surface area (Å²) in [6.45, 7) is 6.58.